The minimum absolute atomic E-state index is 0.217. The Morgan fingerprint density at radius 3 is 2.36 bits per heavy atom. The van der Waals surface area contributed by atoms with Crippen LogP contribution in [0.1, 0.15) is 33.4 Å². The van der Waals surface area contributed by atoms with Crippen LogP contribution in [0.4, 0.5) is 0 Å². The molecule has 0 aliphatic carbocycles. The summed E-state index contributed by atoms with van der Waals surface area (Å²) in [6, 6.07) is 23.8. The first kappa shape index (κ1) is 27.3. The number of carbonyl (C=O) groups is 2. The zero-order valence-corrected chi connectivity index (χ0v) is 22.3. The maximum absolute atomic E-state index is 13.4. The van der Waals surface area contributed by atoms with Gasteiger partial charge in [0.25, 0.3) is 17.9 Å². The molecule has 39 heavy (non-hydrogen) atoms. The molecule has 1 atom stereocenters. The van der Waals surface area contributed by atoms with Crippen molar-refractivity contribution in [2.45, 2.75) is 19.9 Å². The number of carboxylic acid groups (broad SMARTS) is 1. The van der Waals surface area contributed by atoms with E-state index in [4.69, 9.17) is 9.90 Å². The molecule has 5 rings (SSSR count). The number of benzene rings is 3. The molecule has 2 heterocycles. The number of carbonyl (C=O) groups excluding carboxylic acids is 1. The number of hydrogen-bond acceptors (Lipinski definition) is 5. The molecular formula is C30H31N5O4. The number of H-pyrrole nitrogens is 1. The van der Waals surface area contributed by atoms with Crippen molar-refractivity contribution in [3.05, 3.63) is 106 Å². The van der Waals surface area contributed by atoms with Crippen LogP contribution in [0.5, 0.6) is 0 Å². The minimum Gasteiger partial charge on any atom is -0.483 e. The van der Waals surface area contributed by atoms with Gasteiger partial charge in [0, 0.05) is 17.7 Å². The van der Waals surface area contributed by atoms with E-state index in [0.29, 0.717) is 23.3 Å². The first-order valence-electron chi connectivity index (χ1n) is 12.4. The van der Waals surface area contributed by atoms with Gasteiger partial charge in [-0.05, 0) is 50.3 Å². The molecule has 0 aliphatic rings. The second kappa shape index (κ2) is 11.7. The van der Waals surface area contributed by atoms with Crippen LogP contribution in [-0.4, -0.2) is 57.6 Å². The summed E-state index contributed by atoms with van der Waals surface area (Å²) in [7, 11) is 3.94. The number of aryl methyl sites for hydroxylation is 2. The maximum atomic E-state index is 13.4. The van der Waals surface area contributed by atoms with Crippen molar-refractivity contribution in [3.63, 3.8) is 0 Å². The number of likely N-dealkylation sites (N-methyl/N-ethyl adjacent to an activating group) is 1. The van der Waals surface area contributed by atoms with Gasteiger partial charge in [-0.3, -0.25) is 14.4 Å². The number of fused-ring (bicyclic) bond motifs is 2. The zero-order valence-electron chi connectivity index (χ0n) is 22.3. The molecule has 2 aromatic heterocycles. The number of nitrogens with zero attached hydrogens (tertiary/aromatic N) is 3. The van der Waals surface area contributed by atoms with Gasteiger partial charge in [0.05, 0.1) is 17.4 Å². The molecule has 0 spiro atoms. The van der Waals surface area contributed by atoms with Gasteiger partial charge >= 0.3 is 0 Å². The summed E-state index contributed by atoms with van der Waals surface area (Å²) in [5, 5.41) is 16.8. The zero-order chi connectivity index (χ0) is 28.1. The molecule has 1 unspecified atom stereocenters. The molecule has 1 amide bonds. The van der Waals surface area contributed by atoms with E-state index in [1.165, 1.54) is 0 Å². The highest BCUT2D eigenvalue weighted by Crippen LogP contribution is 2.26. The Morgan fingerprint density at radius 1 is 1.05 bits per heavy atom. The highest BCUT2D eigenvalue weighted by atomic mass is 16.3. The van der Waals surface area contributed by atoms with Crippen LogP contribution in [-0.2, 0) is 4.79 Å². The Kier molecular flexibility index (Phi) is 8.21. The fraction of sp³-hybridized carbons (Fsp3) is 0.200. The van der Waals surface area contributed by atoms with Crippen molar-refractivity contribution in [1.29, 1.82) is 0 Å². The topological polar surface area (TPSA) is 120 Å². The molecule has 0 aliphatic heterocycles. The van der Waals surface area contributed by atoms with Crippen LogP contribution >= 0.6 is 0 Å². The number of aromatic nitrogens is 3. The summed E-state index contributed by atoms with van der Waals surface area (Å²) < 4.78 is 1.59. The first-order chi connectivity index (χ1) is 18.7. The predicted octanol–water partition coefficient (Wildman–Crippen LogP) is 4.19. The van der Waals surface area contributed by atoms with Crippen molar-refractivity contribution in [1.82, 2.24) is 24.8 Å². The fourth-order valence-electron chi connectivity index (χ4n) is 4.73. The highest BCUT2D eigenvalue weighted by Gasteiger charge is 2.24. The highest BCUT2D eigenvalue weighted by molar-refractivity contribution is 5.96. The number of aromatic amines is 1. The second-order valence-electron chi connectivity index (χ2n) is 9.51. The van der Waals surface area contributed by atoms with E-state index in [2.05, 4.69) is 27.5 Å². The Balaban J connectivity index is 0.00000112. The largest absolute Gasteiger partial charge is 0.483 e. The van der Waals surface area contributed by atoms with E-state index in [-0.39, 0.29) is 29.7 Å². The van der Waals surface area contributed by atoms with E-state index in [9.17, 15) is 9.59 Å². The lowest BCUT2D eigenvalue weighted by Gasteiger charge is -2.22. The van der Waals surface area contributed by atoms with Crippen LogP contribution in [0, 0.1) is 13.8 Å². The summed E-state index contributed by atoms with van der Waals surface area (Å²) in [6.45, 7) is 4.05. The van der Waals surface area contributed by atoms with E-state index in [0.717, 1.165) is 27.6 Å². The lowest BCUT2D eigenvalue weighted by Crippen LogP contribution is -2.35. The Hall–Kier alpha value is -4.76. The third-order valence-electron chi connectivity index (χ3n) is 6.56. The first-order valence-corrected chi connectivity index (χ1v) is 12.4. The van der Waals surface area contributed by atoms with Crippen molar-refractivity contribution in [2.75, 3.05) is 20.6 Å². The fourth-order valence-corrected chi connectivity index (χ4v) is 4.73. The Morgan fingerprint density at radius 2 is 1.69 bits per heavy atom. The number of amides is 1. The molecule has 5 aromatic rings. The lowest BCUT2D eigenvalue weighted by molar-refractivity contribution is -0.122. The van der Waals surface area contributed by atoms with Gasteiger partial charge in [-0.15, -0.1) is 0 Å². The molecule has 9 heteroatoms. The minimum atomic E-state index is -0.307. The Bertz CT molecular complexity index is 1690. The van der Waals surface area contributed by atoms with Crippen LogP contribution in [0.25, 0.3) is 27.5 Å². The van der Waals surface area contributed by atoms with Crippen LogP contribution in [0.3, 0.4) is 0 Å². The lowest BCUT2D eigenvalue weighted by atomic mass is 10.0. The SMILES string of the molecule is Cc1c(C(=O)NC(CN(C)C)c2ccccc2)nn2c(C)c(-c3ccc4ccccc4c3)[nH]c(=O)c12.O=CO. The van der Waals surface area contributed by atoms with Gasteiger partial charge in [0.15, 0.2) is 5.69 Å². The van der Waals surface area contributed by atoms with Crippen molar-refractivity contribution < 1.29 is 14.7 Å². The number of hydrogen-bond donors (Lipinski definition) is 3. The molecule has 0 bridgehead atoms. The molecule has 0 saturated heterocycles. The molecule has 0 fully saturated rings. The molecule has 0 radical (unpaired) electrons. The molecule has 9 nitrogen and oxygen atoms in total. The summed E-state index contributed by atoms with van der Waals surface area (Å²) in [4.78, 5) is 40.0. The van der Waals surface area contributed by atoms with Gasteiger partial charge in [0.1, 0.15) is 5.52 Å². The van der Waals surface area contributed by atoms with E-state index in [1.807, 2.05) is 86.6 Å². The molecule has 0 saturated carbocycles. The average molecular weight is 526 g/mol. The summed E-state index contributed by atoms with van der Waals surface area (Å²) in [5.41, 5.74) is 4.25. The van der Waals surface area contributed by atoms with E-state index >= 15 is 0 Å². The van der Waals surface area contributed by atoms with Gasteiger partial charge < -0.3 is 20.3 Å². The van der Waals surface area contributed by atoms with Crippen LogP contribution < -0.4 is 10.9 Å². The summed E-state index contributed by atoms with van der Waals surface area (Å²) in [5.74, 6) is -0.307. The quantitative estimate of drug-likeness (QED) is 0.286. The predicted molar refractivity (Wildman–Crippen MR) is 152 cm³/mol. The second-order valence-corrected chi connectivity index (χ2v) is 9.51. The van der Waals surface area contributed by atoms with Crippen molar-refractivity contribution >= 4 is 28.7 Å². The summed E-state index contributed by atoms with van der Waals surface area (Å²) >= 11 is 0. The standard InChI is InChI=1S/C29H29N5O2.CH2O2/c1-18-25(28(35)30-24(17-33(3)4)21-11-6-5-7-12-21)32-34-19(2)26(31-29(36)27(18)34)23-15-14-20-10-8-9-13-22(20)16-23;2-1-3/h5-16,24H,17H2,1-4H3,(H,30,35)(H,31,36);1H,(H,2,3). The van der Waals surface area contributed by atoms with Gasteiger partial charge in [-0.1, -0.05) is 66.7 Å². The monoisotopic (exact) mass is 525 g/mol. The average Bonchev–Trinajstić information content (AvgIpc) is 3.29. The van der Waals surface area contributed by atoms with E-state index in [1.54, 1.807) is 11.4 Å². The van der Waals surface area contributed by atoms with Crippen LogP contribution in [0.2, 0.25) is 0 Å². The third-order valence-corrected chi connectivity index (χ3v) is 6.56. The smallest absolute Gasteiger partial charge is 0.290 e. The van der Waals surface area contributed by atoms with Crippen LogP contribution in [0.15, 0.2) is 77.6 Å². The molecule has 200 valence electrons. The van der Waals surface area contributed by atoms with E-state index < -0.39 is 0 Å². The number of nitrogens with one attached hydrogen (secondary N) is 2. The van der Waals surface area contributed by atoms with Crippen molar-refractivity contribution in [3.8, 4) is 11.3 Å². The molecular weight excluding hydrogens is 494 g/mol. The molecule has 3 N–H and O–H groups in total. The van der Waals surface area contributed by atoms with Crippen molar-refractivity contribution in [2.24, 2.45) is 0 Å². The number of rotatable bonds is 6. The third kappa shape index (κ3) is 5.73. The van der Waals surface area contributed by atoms with Gasteiger partial charge in [0.2, 0.25) is 0 Å². The van der Waals surface area contributed by atoms with Gasteiger partial charge in [-0.2, -0.15) is 5.10 Å². The van der Waals surface area contributed by atoms with Gasteiger partial charge in [-0.25, -0.2) is 4.52 Å². The Labute approximate surface area is 225 Å². The molecule has 3 aromatic carbocycles. The summed E-state index contributed by atoms with van der Waals surface area (Å²) in [6.07, 6.45) is 0. The normalized spacial score (nSPS) is 11.7. The maximum Gasteiger partial charge on any atom is 0.290 e.